The van der Waals surface area contributed by atoms with Crippen molar-refractivity contribution in [1.82, 2.24) is 9.88 Å². The number of para-hydroxylation sites is 1. The van der Waals surface area contributed by atoms with E-state index in [9.17, 15) is 14.7 Å². The second-order valence-corrected chi connectivity index (χ2v) is 9.28. The third-order valence-electron chi connectivity index (χ3n) is 6.72. The highest BCUT2D eigenvalue weighted by Crippen LogP contribution is 2.26. The first-order chi connectivity index (χ1) is 18.4. The maximum absolute atomic E-state index is 13.2. The van der Waals surface area contributed by atoms with Gasteiger partial charge in [-0.3, -0.25) is 4.79 Å². The molecule has 9 heteroatoms. The highest BCUT2D eigenvalue weighted by atomic mass is 16.5. The maximum Gasteiger partial charge on any atom is 0.337 e. The van der Waals surface area contributed by atoms with Crippen molar-refractivity contribution in [2.75, 3.05) is 25.6 Å². The van der Waals surface area contributed by atoms with Crippen LogP contribution in [0.25, 0.3) is 11.1 Å². The molecule has 3 aromatic carbocycles. The van der Waals surface area contributed by atoms with Crippen LogP contribution in [0.4, 0.5) is 11.7 Å². The second kappa shape index (κ2) is 10.9. The highest BCUT2D eigenvalue weighted by Gasteiger charge is 2.36. The van der Waals surface area contributed by atoms with Crippen molar-refractivity contribution in [3.8, 4) is 5.75 Å². The number of nitrogens with zero attached hydrogens (tertiary/aromatic N) is 2. The molecule has 1 aliphatic heterocycles. The monoisotopic (exact) mass is 515 g/mol. The molecule has 2 atom stereocenters. The molecule has 2 N–H and O–H groups in total. The number of aromatic nitrogens is 1. The fourth-order valence-electron chi connectivity index (χ4n) is 4.57. The first-order valence-corrected chi connectivity index (χ1v) is 12.4. The molecule has 0 unspecified atom stereocenters. The predicted octanol–water partition coefficient (Wildman–Crippen LogP) is 4.25. The van der Waals surface area contributed by atoms with Gasteiger partial charge in [0.05, 0.1) is 31.2 Å². The molecule has 0 saturated carbocycles. The van der Waals surface area contributed by atoms with Gasteiger partial charge in [-0.1, -0.05) is 24.3 Å². The summed E-state index contributed by atoms with van der Waals surface area (Å²) < 4.78 is 16.4. The highest BCUT2D eigenvalue weighted by molar-refractivity contribution is 5.89. The molecule has 1 aliphatic rings. The van der Waals surface area contributed by atoms with E-state index in [4.69, 9.17) is 13.9 Å². The number of methoxy groups -OCH3 is 1. The Labute approximate surface area is 220 Å². The lowest BCUT2D eigenvalue weighted by molar-refractivity contribution is -0.132. The van der Waals surface area contributed by atoms with Gasteiger partial charge in [-0.15, -0.1) is 0 Å². The third kappa shape index (κ3) is 5.47. The van der Waals surface area contributed by atoms with Crippen molar-refractivity contribution in [1.29, 1.82) is 0 Å². The lowest BCUT2D eigenvalue weighted by atomic mass is 10.1. The number of nitrogens with one attached hydrogen (secondary N) is 1. The Kier molecular flexibility index (Phi) is 7.28. The average molecular weight is 516 g/mol. The topological polar surface area (TPSA) is 114 Å². The second-order valence-electron chi connectivity index (χ2n) is 9.28. The van der Waals surface area contributed by atoms with Crippen LogP contribution in [0.2, 0.25) is 0 Å². The van der Waals surface area contributed by atoms with Crippen LogP contribution >= 0.6 is 0 Å². The number of aliphatic hydroxyl groups excluding tert-OH is 1. The average Bonchev–Trinajstić information content (AvgIpc) is 3.50. The molecule has 0 spiro atoms. The number of aryl methyl sites for hydroxylation is 1. The van der Waals surface area contributed by atoms with Gasteiger partial charge in [-0.05, 0) is 66.9 Å². The van der Waals surface area contributed by atoms with E-state index in [0.717, 1.165) is 16.8 Å². The van der Waals surface area contributed by atoms with Crippen molar-refractivity contribution in [2.24, 2.45) is 0 Å². The van der Waals surface area contributed by atoms with E-state index in [0.29, 0.717) is 41.4 Å². The lowest BCUT2D eigenvalue weighted by Gasteiger charge is -2.26. The Morgan fingerprint density at radius 2 is 1.92 bits per heavy atom. The number of ether oxygens (including phenoxy) is 2. The van der Waals surface area contributed by atoms with Gasteiger partial charge in [0.25, 0.3) is 6.01 Å². The molecule has 0 aliphatic carbocycles. The summed E-state index contributed by atoms with van der Waals surface area (Å²) in [6, 6.07) is 19.8. The van der Waals surface area contributed by atoms with E-state index < -0.39 is 18.1 Å². The summed E-state index contributed by atoms with van der Waals surface area (Å²) >= 11 is 0. The zero-order valence-corrected chi connectivity index (χ0v) is 21.2. The minimum absolute atomic E-state index is 0.103. The van der Waals surface area contributed by atoms with Gasteiger partial charge in [-0.25, -0.2) is 4.79 Å². The summed E-state index contributed by atoms with van der Waals surface area (Å²) in [5.41, 5.74) is 4.47. The van der Waals surface area contributed by atoms with Crippen molar-refractivity contribution in [3.05, 3.63) is 83.4 Å². The predicted molar refractivity (Wildman–Crippen MR) is 142 cm³/mol. The van der Waals surface area contributed by atoms with Crippen LogP contribution in [0.1, 0.15) is 27.9 Å². The number of fused-ring (bicyclic) bond motifs is 1. The number of hydrogen-bond donors (Lipinski definition) is 2. The number of anilines is 2. The molecule has 1 saturated heterocycles. The van der Waals surface area contributed by atoms with Crippen molar-refractivity contribution in [2.45, 2.75) is 31.9 Å². The first-order valence-electron chi connectivity index (χ1n) is 12.4. The van der Waals surface area contributed by atoms with E-state index in [-0.39, 0.29) is 18.9 Å². The molecule has 1 fully saturated rings. The number of amides is 1. The molecule has 2 heterocycles. The Morgan fingerprint density at radius 3 is 2.68 bits per heavy atom. The third-order valence-corrected chi connectivity index (χ3v) is 6.72. The quantitative estimate of drug-likeness (QED) is 0.335. The van der Waals surface area contributed by atoms with E-state index in [1.165, 1.54) is 7.11 Å². The Morgan fingerprint density at radius 1 is 1.13 bits per heavy atom. The first kappa shape index (κ1) is 25.3. The van der Waals surface area contributed by atoms with Crippen LogP contribution in [0.15, 0.2) is 71.1 Å². The maximum atomic E-state index is 13.2. The molecule has 38 heavy (non-hydrogen) atoms. The van der Waals surface area contributed by atoms with Gasteiger partial charge in [0.1, 0.15) is 17.9 Å². The molecule has 196 valence electrons. The summed E-state index contributed by atoms with van der Waals surface area (Å²) in [5, 5.41) is 13.7. The molecular formula is C29H29N3O6. The fourth-order valence-corrected chi connectivity index (χ4v) is 4.57. The molecular weight excluding hydrogens is 486 g/mol. The number of hydrogen-bond acceptors (Lipinski definition) is 8. The van der Waals surface area contributed by atoms with Crippen LogP contribution in [-0.2, 0) is 16.0 Å². The number of likely N-dealkylation sites (tertiary alicyclic amines) is 1. The van der Waals surface area contributed by atoms with E-state index >= 15 is 0 Å². The van der Waals surface area contributed by atoms with Gasteiger partial charge in [0, 0.05) is 12.2 Å². The summed E-state index contributed by atoms with van der Waals surface area (Å²) in [5.74, 6) is 0.00480. The smallest absolute Gasteiger partial charge is 0.337 e. The summed E-state index contributed by atoms with van der Waals surface area (Å²) in [7, 11) is 1.32. The Hall–Kier alpha value is -4.37. The van der Waals surface area contributed by atoms with Crippen molar-refractivity contribution >= 4 is 34.7 Å². The van der Waals surface area contributed by atoms with Crippen molar-refractivity contribution < 1.29 is 28.6 Å². The summed E-state index contributed by atoms with van der Waals surface area (Å²) in [4.78, 5) is 31.0. The summed E-state index contributed by atoms with van der Waals surface area (Å²) in [6.45, 7) is 2.59. The zero-order valence-electron chi connectivity index (χ0n) is 21.2. The number of aliphatic hydroxyl groups is 1. The van der Waals surface area contributed by atoms with Crippen LogP contribution in [0.5, 0.6) is 5.75 Å². The molecule has 5 rings (SSSR count). The van der Waals surface area contributed by atoms with Gasteiger partial charge in [0.2, 0.25) is 5.91 Å². The zero-order chi connectivity index (χ0) is 26.6. The number of oxazole rings is 1. The van der Waals surface area contributed by atoms with Crippen molar-refractivity contribution in [3.63, 3.8) is 0 Å². The minimum atomic E-state index is -0.680. The number of benzene rings is 3. The van der Waals surface area contributed by atoms with Crippen LogP contribution in [0, 0.1) is 6.92 Å². The van der Waals surface area contributed by atoms with Gasteiger partial charge in [0.15, 0.2) is 5.58 Å². The molecule has 9 nitrogen and oxygen atoms in total. The van der Waals surface area contributed by atoms with E-state index in [1.807, 2.05) is 49.4 Å². The number of esters is 1. The van der Waals surface area contributed by atoms with E-state index in [1.54, 1.807) is 29.2 Å². The Balaban J connectivity index is 1.23. The largest absolute Gasteiger partial charge is 0.491 e. The standard InChI is InChI=1S/C29H29N3O6/c1-18-5-3-4-6-22(18)30-29-31-23-12-7-19(15-26(23)38-29)16-27(34)32-14-13-25(33)24(32)17-37-21-10-8-20(9-11-21)28(35)36-2/h3-12,15,24-25,33H,13-14,16-17H2,1-2H3,(H,30,31)/t24-,25+/m1/s1. The van der Waals surface area contributed by atoms with E-state index in [2.05, 4.69) is 10.3 Å². The molecule has 4 aromatic rings. The SMILES string of the molecule is COC(=O)c1ccc(OC[C@@H]2[C@@H](O)CCN2C(=O)Cc2ccc3nc(Nc4ccccc4C)oc3c2)cc1. The normalized spacial score (nSPS) is 17.0. The minimum Gasteiger partial charge on any atom is -0.491 e. The molecule has 0 bridgehead atoms. The molecule has 0 radical (unpaired) electrons. The number of carbonyl (C=O) groups is 2. The molecule has 1 amide bonds. The lowest BCUT2D eigenvalue weighted by Crippen LogP contribution is -2.44. The van der Waals surface area contributed by atoms with Crippen LogP contribution in [0.3, 0.4) is 0 Å². The van der Waals surface area contributed by atoms with Crippen LogP contribution < -0.4 is 10.1 Å². The summed E-state index contributed by atoms with van der Waals surface area (Å²) in [6.07, 6.45) is -0.0372. The van der Waals surface area contributed by atoms with Gasteiger partial charge < -0.3 is 29.2 Å². The number of rotatable bonds is 8. The van der Waals surface area contributed by atoms with Crippen LogP contribution in [-0.4, -0.2) is 59.3 Å². The van der Waals surface area contributed by atoms with Gasteiger partial charge >= 0.3 is 5.97 Å². The number of carbonyl (C=O) groups excluding carboxylic acids is 2. The fraction of sp³-hybridized carbons (Fsp3) is 0.276. The molecule has 1 aromatic heterocycles. The van der Waals surface area contributed by atoms with Gasteiger partial charge in [-0.2, -0.15) is 4.98 Å². The Bertz CT molecular complexity index is 1450.